The zero-order valence-corrected chi connectivity index (χ0v) is 14.1. The number of fused-ring (bicyclic) bond motifs is 1. The zero-order valence-electron chi connectivity index (χ0n) is 12.5. The van der Waals surface area contributed by atoms with E-state index >= 15 is 0 Å². The third-order valence-electron chi connectivity index (χ3n) is 3.68. The Bertz CT molecular complexity index is 1030. The molecule has 24 heavy (non-hydrogen) atoms. The van der Waals surface area contributed by atoms with Crippen LogP contribution in [0, 0.1) is 0 Å². The number of benzene rings is 2. The lowest BCUT2D eigenvalue weighted by molar-refractivity contribution is 0.475. The lowest BCUT2D eigenvalue weighted by atomic mass is 10.2. The van der Waals surface area contributed by atoms with E-state index in [0.717, 1.165) is 32.2 Å². The van der Waals surface area contributed by atoms with E-state index in [1.54, 1.807) is 23.5 Å². The second kappa shape index (κ2) is 6.15. The smallest absolute Gasteiger partial charge is 0.115 e. The van der Waals surface area contributed by atoms with Crippen LogP contribution >= 0.6 is 22.9 Å². The van der Waals surface area contributed by atoms with Gasteiger partial charge in [-0.2, -0.15) is 5.10 Å². The van der Waals surface area contributed by atoms with Crippen LogP contribution in [0.2, 0.25) is 5.02 Å². The van der Waals surface area contributed by atoms with Gasteiger partial charge in [-0.3, -0.25) is 5.10 Å². The molecule has 4 aromatic rings. The fraction of sp³-hybridized carbons (Fsp3) is 0. The molecule has 0 aliphatic carbocycles. The molecule has 118 valence electrons. The Labute approximate surface area is 147 Å². The first-order chi connectivity index (χ1) is 11.7. The Morgan fingerprint density at radius 3 is 2.67 bits per heavy atom. The lowest BCUT2D eigenvalue weighted by Gasteiger charge is -1.93. The summed E-state index contributed by atoms with van der Waals surface area (Å²) in [5.74, 6) is 0.265. The summed E-state index contributed by atoms with van der Waals surface area (Å²) in [5, 5.41) is 18.6. The molecule has 2 heterocycles. The largest absolute Gasteiger partial charge is 0.508 e. The van der Waals surface area contributed by atoms with Crippen molar-refractivity contribution in [1.82, 2.24) is 10.2 Å². The van der Waals surface area contributed by atoms with Gasteiger partial charge in [-0.1, -0.05) is 29.8 Å². The molecule has 2 N–H and O–H groups in total. The fourth-order valence-corrected chi connectivity index (χ4v) is 3.64. The number of halogens is 1. The van der Waals surface area contributed by atoms with Crippen molar-refractivity contribution in [2.24, 2.45) is 0 Å². The average molecular weight is 353 g/mol. The van der Waals surface area contributed by atoms with Crippen LogP contribution in [0.15, 0.2) is 54.6 Å². The molecule has 4 rings (SSSR count). The highest BCUT2D eigenvalue weighted by atomic mass is 35.5. The summed E-state index contributed by atoms with van der Waals surface area (Å²) >= 11 is 7.74. The van der Waals surface area contributed by atoms with Crippen molar-refractivity contribution in [2.45, 2.75) is 0 Å². The van der Waals surface area contributed by atoms with E-state index in [1.807, 2.05) is 48.6 Å². The molecular weight excluding hydrogens is 340 g/mol. The molecule has 0 amide bonds. The molecule has 2 aromatic heterocycles. The highest BCUT2D eigenvalue weighted by molar-refractivity contribution is 7.22. The van der Waals surface area contributed by atoms with Crippen LogP contribution in [-0.4, -0.2) is 15.3 Å². The number of H-pyrrole nitrogens is 1. The van der Waals surface area contributed by atoms with Crippen molar-refractivity contribution in [2.75, 3.05) is 0 Å². The summed E-state index contributed by atoms with van der Waals surface area (Å²) in [6.07, 6.45) is 3.94. The molecule has 5 heteroatoms. The molecule has 0 fully saturated rings. The summed E-state index contributed by atoms with van der Waals surface area (Å²) in [4.78, 5) is 1.10. The first kappa shape index (κ1) is 15.0. The summed E-state index contributed by atoms with van der Waals surface area (Å²) in [6, 6.07) is 17.1. The number of rotatable bonds is 3. The predicted molar refractivity (Wildman–Crippen MR) is 101 cm³/mol. The number of aromatic nitrogens is 2. The summed E-state index contributed by atoms with van der Waals surface area (Å²) in [6.45, 7) is 0. The molecular formula is C19H13ClN2OS. The maximum absolute atomic E-state index is 9.30. The van der Waals surface area contributed by atoms with E-state index in [4.69, 9.17) is 11.6 Å². The van der Waals surface area contributed by atoms with Crippen molar-refractivity contribution in [3.63, 3.8) is 0 Å². The Morgan fingerprint density at radius 2 is 1.83 bits per heavy atom. The molecule has 0 aliphatic heterocycles. The van der Waals surface area contributed by atoms with Crippen molar-refractivity contribution in [1.29, 1.82) is 0 Å². The third-order valence-corrected chi connectivity index (χ3v) is 5.05. The van der Waals surface area contributed by atoms with Gasteiger partial charge in [-0.05, 0) is 59.5 Å². The number of phenols is 1. The van der Waals surface area contributed by atoms with E-state index in [-0.39, 0.29) is 5.75 Å². The van der Waals surface area contributed by atoms with Gasteiger partial charge >= 0.3 is 0 Å². The van der Waals surface area contributed by atoms with Crippen LogP contribution in [0.1, 0.15) is 11.3 Å². The van der Waals surface area contributed by atoms with Crippen molar-refractivity contribution in [3.8, 4) is 16.3 Å². The Morgan fingerprint density at radius 1 is 1.00 bits per heavy atom. The van der Waals surface area contributed by atoms with Crippen molar-refractivity contribution < 1.29 is 5.11 Å². The number of thiophene rings is 1. The third kappa shape index (κ3) is 3.07. The molecule has 0 saturated carbocycles. The summed E-state index contributed by atoms with van der Waals surface area (Å²) < 4.78 is 1.19. The molecule has 0 radical (unpaired) electrons. The Balaban J connectivity index is 1.60. The number of phenolic OH excluding ortho intramolecular Hbond substituents is 1. The van der Waals surface area contributed by atoms with Gasteiger partial charge in [0, 0.05) is 9.72 Å². The van der Waals surface area contributed by atoms with Gasteiger partial charge in [0.05, 0.1) is 10.6 Å². The van der Waals surface area contributed by atoms with E-state index in [2.05, 4.69) is 16.3 Å². The molecule has 0 saturated heterocycles. The first-order valence-corrected chi connectivity index (χ1v) is 8.59. The van der Waals surface area contributed by atoms with Crippen LogP contribution < -0.4 is 0 Å². The minimum absolute atomic E-state index is 0.265. The van der Waals surface area contributed by atoms with Crippen LogP contribution in [0.25, 0.3) is 32.8 Å². The number of nitrogens with zero attached hydrogens (tertiary/aromatic N) is 1. The number of hydrogen-bond donors (Lipinski definition) is 2. The summed E-state index contributed by atoms with van der Waals surface area (Å²) in [7, 11) is 0. The number of hydrogen-bond acceptors (Lipinski definition) is 3. The number of aromatic amines is 1. The Hall–Kier alpha value is -2.56. The molecule has 0 spiro atoms. The van der Waals surface area contributed by atoms with Gasteiger partial charge in [0.2, 0.25) is 0 Å². The van der Waals surface area contributed by atoms with E-state index in [9.17, 15) is 5.11 Å². The van der Waals surface area contributed by atoms with Gasteiger partial charge in [-0.15, -0.1) is 11.3 Å². The van der Waals surface area contributed by atoms with Gasteiger partial charge in [0.15, 0.2) is 0 Å². The maximum Gasteiger partial charge on any atom is 0.115 e. The van der Waals surface area contributed by atoms with Crippen LogP contribution in [0.5, 0.6) is 5.75 Å². The summed E-state index contributed by atoms with van der Waals surface area (Å²) in [5.41, 5.74) is 2.85. The maximum atomic E-state index is 9.30. The monoisotopic (exact) mass is 352 g/mol. The van der Waals surface area contributed by atoms with E-state index in [1.165, 1.54) is 4.70 Å². The predicted octanol–water partition coefficient (Wildman–Crippen LogP) is 5.82. The fourth-order valence-electron chi connectivity index (χ4n) is 2.46. The average Bonchev–Trinajstić information content (AvgIpc) is 3.20. The Kier molecular flexibility index (Phi) is 3.84. The first-order valence-electron chi connectivity index (χ1n) is 7.39. The SMILES string of the molecule is Oc1ccc(/C=C/c2cc(-c3cc4cc(Cl)ccc4s3)n[nH]2)cc1. The zero-order chi connectivity index (χ0) is 16.5. The molecule has 2 aromatic carbocycles. The highest BCUT2D eigenvalue weighted by Gasteiger charge is 2.08. The number of nitrogens with one attached hydrogen (secondary N) is 1. The molecule has 0 unspecified atom stereocenters. The molecule has 0 bridgehead atoms. The molecule has 0 aliphatic rings. The minimum atomic E-state index is 0.265. The molecule has 0 atom stereocenters. The number of aromatic hydroxyl groups is 1. The van der Waals surface area contributed by atoms with Crippen molar-refractivity contribution in [3.05, 3.63) is 70.9 Å². The van der Waals surface area contributed by atoms with Crippen LogP contribution in [0.4, 0.5) is 0 Å². The van der Waals surface area contributed by atoms with E-state index in [0.29, 0.717) is 0 Å². The standard InChI is InChI=1S/C19H13ClN2OS/c20-14-4-8-18-13(9-14)10-19(24-18)17-11-15(21-22-17)5-1-12-2-6-16(23)7-3-12/h1-11,23H,(H,21,22)/b5-1+. The van der Waals surface area contributed by atoms with Gasteiger partial charge in [-0.25, -0.2) is 0 Å². The van der Waals surface area contributed by atoms with Gasteiger partial charge in [0.1, 0.15) is 11.4 Å². The van der Waals surface area contributed by atoms with Crippen molar-refractivity contribution >= 4 is 45.2 Å². The quantitative estimate of drug-likeness (QED) is 0.488. The molecule has 3 nitrogen and oxygen atoms in total. The topological polar surface area (TPSA) is 48.9 Å². The second-order valence-electron chi connectivity index (χ2n) is 5.43. The van der Waals surface area contributed by atoms with Crippen LogP contribution in [0.3, 0.4) is 0 Å². The van der Waals surface area contributed by atoms with Gasteiger partial charge < -0.3 is 5.11 Å². The minimum Gasteiger partial charge on any atom is -0.508 e. The lowest BCUT2D eigenvalue weighted by Crippen LogP contribution is -1.73. The van der Waals surface area contributed by atoms with Crippen LogP contribution in [-0.2, 0) is 0 Å². The van der Waals surface area contributed by atoms with E-state index < -0.39 is 0 Å². The normalized spacial score (nSPS) is 11.5. The highest BCUT2D eigenvalue weighted by Crippen LogP contribution is 2.34. The second-order valence-corrected chi connectivity index (χ2v) is 6.95. The van der Waals surface area contributed by atoms with Gasteiger partial charge in [0.25, 0.3) is 0 Å².